The first kappa shape index (κ1) is 19.2. The van der Waals surface area contributed by atoms with Crippen molar-refractivity contribution < 1.29 is 19.2 Å². The molecule has 7 heteroatoms. The fourth-order valence-electron chi connectivity index (χ4n) is 5.21. The largest absolute Gasteiger partial charge is 0.330 e. The van der Waals surface area contributed by atoms with E-state index in [0.29, 0.717) is 17.1 Å². The van der Waals surface area contributed by atoms with Crippen molar-refractivity contribution >= 4 is 40.6 Å². The van der Waals surface area contributed by atoms with Gasteiger partial charge in [-0.05, 0) is 18.2 Å². The Hall–Kier alpha value is -3.74. The van der Waals surface area contributed by atoms with Gasteiger partial charge in [0.05, 0.1) is 29.3 Å². The van der Waals surface area contributed by atoms with Crippen molar-refractivity contribution in [3.05, 3.63) is 65.9 Å². The van der Waals surface area contributed by atoms with Gasteiger partial charge in [0.25, 0.3) is 0 Å². The van der Waals surface area contributed by atoms with Gasteiger partial charge in [0.15, 0.2) is 0 Å². The molecule has 1 aliphatic carbocycles. The molecule has 1 fully saturated rings. The number of rotatable bonds is 2. The minimum Gasteiger partial charge on any atom is -0.330 e. The third-order valence-corrected chi connectivity index (χ3v) is 6.27. The smallest absolute Gasteiger partial charge is 0.240 e. The Balaban J connectivity index is 1.70. The van der Waals surface area contributed by atoms with Crippen LogP contribution in [0.1, 0.15) is 25.8 Å². The first-order valence-electron chi connectivity index (χ1n) is 10.2. The lowest BCUT2D eigenvalue weighted by Crippen LogP contribution is -2.48. The zero-order valence-electron chi connectivity index (χ0n) is 17.2. The SMILES string of the molecule is CC(=O)NC1=C2c3ccccc3N(C(C)=O)[C@H]2[C@H]2C(=O)N(c3ccccc3)C(=O)[C@H]2C1. The second-order valence-electron chi connectivity index (χ2n) is 8.11. The minimum absolute atomic E-state index is 0.214. The number of carbonyl (C=O) groups excluding carboxylic acids is 4. The summed E-state index contributed by atoms with van der Waals surface area (Å²) >= 11 is 0. The first-order valence-corrected chi connectivity index (χ1v) is 10.2. The zero-order valence-corrected chi connectivity index (χ0v) is 17.2. The number of fused-ring (bicyclic) bond motifs is 5. The molecule has 3 atom stereocenters. The van der Waals surface area contributed by atoms with Crippen LogP contribution < -0.4 is 15.1 Å². The summed E-state index contributed by atoms with van der Waals surface area (Å²) in [5.74, 6) is -2.45. The van der Waals surface area contributed by atoms with Crippen LogP contribution in [-0.4, -0.2) is 29.7 Å². The van der Waals surface area contributed by atoms with Crippen LogP contribution in [0.2, 0.25) is 0 Å². The van der Waals surface area contributed by atoms with Crippen LogP contribution in [0, 0.1) is 11.8 Å². The topological polar surface area (TPSA) is 86.8 Å². The van der Waals surface area contributed by atoms with Crippen molar-refractivity contribution in [3.8, 4) is 0 Å². The Bertz CT molecular complexity index is 1170. The number of imide groups is 1. The lowest BCUT2D eigenvalue weighted by atomic mass is 9.75. The van der Waals surface area contributed by atoms with E-state index in [1.807, 2.05) is 30.3 Å². The van der Waals surface area contributed by atoms with Gasteiger partial charge in [-0.25, -0.2) is 4.90 Å². The third-order valence-electron chi connectivity index (χ3n) is 6.27. The van der Waals surface area contributed by atoms with Gasteiger partial charge in [0.2, 0.25) is 23.6 Å². The van der Waals surface area contributed by atoms with E-state index in [-0.39, 0.29) is 30.0 Å². The Labute approximate surface area is 179 Å². The molecule has 0 unspecified atom stereocenters. The highest BCUT2D eigenvalue weighted by Crippen LogP contribution is 2.53. The predicted octanol–water partition coefficient (Wildman–Crippen LogP) is 2.48. The highest BCUT2D eigenvalue weighted by atomic mass is 16.2. The number of nitrogens with one attached hydrogen (secondary N) is 1. The summed E-state index contributed by atoms with van der Waals surface area (Å²) in [5.41, 5.74) is 3.36. The maximum absolute atomic E-state index is 13.6. The molecule has 0 saturated carbocycles. The number of nitrogens with zero attached hydrogens (tertiary/aromatic N) is 2. The molecule has 1 N–H and O–H groups in total. The van der Waals surface area contributed by atoms with Crippen LogP contribution in [-0.2, 0) is 19.2 Å². The van der Waals surface area contributed by atoms with Gasteiger partial charge in [-0.15, -0.1) is 0 Å². The average Bonchev–Trinajstić information content (AvgIpc) is 3.21. The zero-order chi connectivity index (χ0) is 21.9. The number of amides is 4. The Morgan fingerprint density at radius 1 is 0.935 bits per heavy atom. The van der Waals surface area contributed by atoms with E-state index in [0.717, 1.165) is 11.1 Å². The van der Waals surface area contributed by atoms with E-state index in [9.17, 15) is 19.2 Å². The van der Waals surface area contributed by atoms with Crippen LogP contribution in [0.3, 0.4) is 0 Å². The van der Waals surface area contributed by atoms with Crippen molar-refractivity contribution in [3.63, 3.8) is 0 Å². The van der Waals surface area contributed by atoms with Crippen LogP contribution in [0.15, 0.2) is 60.3 Å². The highest BCUT2D eigenvalue weighted by Gasteiger charge is 2.59. The normalized spacial score (nSPS) is 24.1. The lowest BCUT2D eigenvalue weighted by Gasteiger charge is -2.35. The van der Waals surface area contributed by atoms with Crippen molar-refractivity contribution in [2.24, 2.45) is 11.8 Å². The molecule has 2 aliphatic heterocycles. The molecule has 1 saturated heterocycles. The fraction of sp³-hybridized carbons (Fsp3) is 0.250. The maximum atomic E-state index is 13.6. The lowest BCUT2D eigenvalue weighted by molar-refractivity contribution is -0.123. The van der Waals surface area contributed by atoms with Crippen LogP contribution in [0.4, 0.5) is 11.4 Å². The maximum Gasteiger partial charge on any atom is 0.240 e. The van der Waals surface area contributed by atoms with Crippen molar-refractivity contribution in [1.29, 1.82) is 0 Å². The summed E-state index contributed by atoms with van der Waals surface area (Å²) in [6.45, 7) is 2.87. The molecule has 4 amide bonds. The second-order valence-corrected chi connectivity index (χ2v) is 8.11. The third kappa shape index (κ3) is 2.73. The monoisotopic (exact) mass is 415 g/mol. The van der Waals surface area contributed by atoms with Crippen LogP contribution in [0.25, 0.3) is 5.57 Å². The summed E-state index contributed by atoms with van der Waals surface area (Å²) in [6, 6.07) is 15.6. The molecule has 2 heterocycles. The molecule has 5 rings (SSSR count). The Morgan fingerprint density at radius 2 is 1.61 bits per heavy atom. The van der Waals surface area contributed by atoms with Crippen molar-refractivity contribution in [1.82, 2.24) is 5.32 Å². The van der Waals surface area contributed by atoms with E-state index in [1.54, 1.807) is 29.2 Å². The molecule has 156 valence electrons. The number of hydrogen-bond donors (Lipinski definition) is 1. The van der Waals surface area contributed by atoms with Crippen LogP contribution in [0.5, 0.6) is 0 Å². The van der Waals surface area contributed by atoms with Gasteiger partial charge in [-0.1, -0.05) is 36.4 Å². The molecule has 7 nitrogen and oxygen atoms in total. The van der Waals surface area contributed by atoms with Gasteiger partial charge in [-0.2, -0.15) is 0 Å². The molecule has 3 aliphatic rings. The second kappa shape index (κ2) is 6.91. The van der Waals surface area contributed by atoms with E-state index in [2.05, 4.69) is 5.32 Å². The van der Waals surface area contributed by atoms with E-state index < -0.39 is 17.9 Å². The standard InChI is InChI=1S/C24H21N3O4/c1-13(28)25-18-12-17-21(24(31)27(23(17)30)15-8-4-3-5-9-15)22-20(18)16-10-6-7-11-19(16)26(22)14(2)29/h3-11,17,21-22H,12H2,1-2H3,(H,25,28)/t17-,21-,22+/m0/s1. The van der Waals surface area contributed by atoms with E-state index in [1.165, 1.54) is 18.7 Å². The molecule has 2 aromatic rings. The van der Waals surface area contributed by atoms with Crippen molar-refractivity contribution in [2.45, 2.75) is 26.3 Å². The number of para-hydroxylation sites is 2. The number of hydrogen-bond acceptors (Lipinski definition) is 4. The first-order chi connectivity index (χ1) is 14.9. The van der Waals surface area contributed by atoms with Gasteiger partial charge in [-0.3, -0.25) is 19.2 Å². The summed E-state index contributed by atoms with van der Waals surface area (Å²) in [7, 11) is 0. The molecule has 0 spiro atoms. The number of anilines is 2. The average molecular weight is 415 g/mol. The van der Waals surface area contributed by atoms with Gasteiger partial charge in [0.1, 0.15) is 0 Å². The quantitative estimate of drug-likeness (QED) is 0.764. The summed E-state index contributed by atoms with van der Waals surface area (Å²) in [4.78, 5) is 54.5. The molecule has 0 bridgehead atoms. The summed E-state index contributed by atoms with van der Waals surface area (Å²) in [5, 5.41) is 2.88. The molecule has 2 aromatic carbocycles. The summed E-state index contributed by atoms with van der Waals surface area (Å²) in [6.07, 6.45) is 0.240. The molecule has 0 radical (unpaired) electrons. The number of benzene rings is 2. The number of carbonyl (C=O) groups is 4. The van der Waals surface area contributed by atoms with Crippen LogP contribution >= 0.6 is 0 Å². The predicted molar refractivity (Wildman–Crippen MR) is 115 cm³/mol. The van der Waals surface area contributed by atoms with E-state index in [4.69, 9.17) is 0 Å². The molecule has 31 heavy (non-hydrogen) atoms. The van der Waals surface area contributed by atoms with Gasteiger partial charge < -0.3 is 10.2 Å². The summed E-state index contributed by atoms with van der Waals surface area (Å²) < 4.78 is 0. The molecular formula is C24H21N3O4. The molecule has 0 aromatic heterocycles. The number of allylic oxidation sites excluding steroid dienone is 1. The highest BCUT2D eigenvalue weighted by molar-refractivity contribution is 6.24. The minimum atomic E-state index is -0.712. The van der Waals surface area contributed by atoms with E-state index >= 15 is 0 Å². The van der Waals surface area contributed by atoms with Crippen molar-refractivity contribution in [2.75, 3.05) is 9.80 Å². The van der Waals surface area contributed by atoms with Gasteiger partial charge in [0, 0.05) is 37.1 Å². The fourth-order valence-corrected chi connectivity index (χ4v) is 5.21. The Kier molecular flexibility index (Phi) is 4.28. The molecular weight excluding hydrogens is 394 g/mol. The Morgan fingerprint density at radius 3 is 2.29 bits per heavy atom. The van der Waals surface area contributed by atoms with Gasteiger partial charge >= 0.3 is 0 Å².